The second kappa shape index (κ2) is 6.50. The number of carbonyl (C=O) groups is 1. The normalized spacial score (nSPS) is 17.1. The highest BCUT2D eigenvalue weighted by Crippen LogP contribution is 2.43. The zero-order valence-electron chi connectivity index (χ0n) is 13.4. The van der Waals surface area contributed by atoms with E-state index in [1.54, 1.807) is 6.07 Å². The summed E-state index contributed by atoms with van der Waals surface area (Å²) in [5.74, 6) is -0.174. The van der Waals surface area contributed by atoms with Crippen LogP contribution in [-0.4, -0.2) is 17.6 Å². The molecule has 1 aliphatic rings. The Hall–Kier alpha value is -1.51. The first-order valence-electron chi connectivity index (χ1n) is 8.00. The van der Waals surface area contributed by atoms with E-state index in [0.717, 1.165) is 17.8 Å². The number of carboxylic acids is 1. The van der Waals surface area contributed by atoms with Crippen LogP contribution in [0, 0.1) is 18.3 Å². The predicted molar refractivity (Wildman–Crippen MR) is 87.0 cm³/mol. The van der Waals surface area contributed by atoms with Gasteiger partial charge >= 0.3 is 5.97 Å². The molecule has 2 rings (SSSR count). The van der Waals surface area contributed by atoms with Crippen molar-refractivity contribution in [1.82, 2.24) is 0 Å². The van der Waals surface area contributed by atoms with Crippen LogP contribution in [0.15, 0.2) is 18.2 Å². The van der Waals surface area contributed by atoms with Crippen LogP contribution in [0.4, 0.5) is 5.69 Å². The van der Waals surface area contributed by atoms with Crippen molar-refractivity contribution < 1.29 is 9.90 Å². The van der Waals surface area contributed by atoms with Gasteiger partial charge in [0.25, 0.3) is 0 Å². The summed E-state index contributed by atoms with van der Waals surface area (Å²) in [6.45, 7) is 7.35. The Kier molecular flexibility index (Phi) is 4.92. The molecule has 0 bridgehead atoms. The van der Waals surface area contributed by atoms with Crippen molar-refractivity contribution >= 4 is 11.7 Å². The summed E-state index contributed by atoms with van der Waals surface area (Å²) < 4.78 is 0. The molecule has 0 saturated heterocycles. The summed E-state index contributed by atoms with van der Waals surface area (Å²) in [5.41, 5.74) is 2.46. The molecule has 1 aromatic rings. The minimum Gasteiger partial charge on any atom is -0.478 e. The number of aryl methyl sites for hydroxylation is 1. The molecule has 1 fully saturated rings. The first kappa shape index (κ1) is 15.9. The standard InChI is InChI=1S/C18H27NO2/c1-13(2)11-18(8-4-5-9-18)12-19-16-7-6-14(3)10-15(16)17(20)21/h6-7,10,13,19H,4-5,8-9,11-12H2,1-3H3,(H,20,21). The van der Waals surface area contributed by atoms with E-state index >= 15 is 0 Å². The van der Waals surface area contributed by atoms with Crippen molar-refractivity contribution in [2.24, 2.45) is 11.3 Å². The van der Waals surface area contributed by atoms with E-state index in [1.807, 2.05) is 19.1 Å². The van der Waals surface area contributed by atoms with Crippen LogP contribution in [0.5, 0.6) is 0 Å². The Morgan fingerprint density at radius 3 is 2.57 bits per heavy atom. The van der Waals surface area contributed by atoms with E-state index < -0.39 is 5.97 Å². The molecule has 116 valence electrons. The number of hydrogen-bond donors (Lipinski definition) is 2. The van der Waals surface area contributed by atoms with Gasteiger partial charge in [-0.05, 0) is 49.7 Å². The lowest BCUT2D eigenvalue weighted by atomic mass is 9.78. The zero-order valence-corrected chi connectivity index (χ0v) is 13.4. The molecule has 0 amide bonds. The van der Waals surface area contributed by atoms with Gasteiger partial charge in [-0.2, -0.15) is 0 Å². The molecule has 1 aromatic carbocycles. The van der Waals surface area contributed by atoms with Gasteiger partial charge in [0.15, 0.2) is 0 Å². The summed E-state index contributed by atoms with van der Waals surface area (Å²) in [4.78, 5) is 11.4. The maximum atomic E-state index is 11.4. The summed E-state index contributed by atoms with van der Waals surface area (Å²) in [7, 11) is 0. The van der Waals surface area contributed by atoms with Gasteiger partial charge in [0.1, 0.15) is 0 Å². The molecule has 21 heavy (non-hydrogen) atoms. The molecular weight excluding hydrogens is 262 g/mol. The average molecular weight is 289 g/mol. The second-order valence-electron chi connectivity index (χ2n) is 7.01. The van der Waals surface area contributed by atoms with Crippen molar-refractivity contribution in [2.75, 3.05) is 11.9 Å². The van der Waals surface area contributed by atoms with E-state index in [-0.39, 0.29) is 0 Å². The fraction of sp³-hybridized carbons (Fsp3) is 0.611. The highest BCUT2D eigenvalue weighted by Gasteiger charge is 2.34. The van der Waals surface area contributed by atoms with Gasteiger partial charge in [0.2, 0.25) is 0 Å². The third-order valence-corrected chi connectivity index (χ3v) is 4.56. The van der Waals surface area contributed by atoms with E-state index in [0.29, 0.717) is 16.9 Å². The number of hydrogen-bond acceptors (Lipinski definition) is 2. The van der Waals surface area contributed by atoms with Gasteiger partial charge in [-0.3, -0.25) is 0 Å². The number of aromatic carboxylic acids is 1. The monoisotopic (exact) mass is 289 g/mol. The maximum absolute atomic E-state index is 11.4. The number of rotatable bonds is 6. The van der Waals surface area contributed by atoms with Gasteiger partial charge in [-0.1, -0.05) is 38.3 Å². The molecule has 0 atom stereocenters. The Morgan fingerprint density at radius 2 is 2.00 bits per heavy atom. The van der Waals surface area contributed by atoms with Gasteiger partial charge in [-0.25, -0.2) is 4.79 Å². The van der Waals surface area contributed by atoms with Crippen LogP contribution in [-0.2, 0) is 0 Å². The summed E-state index contributed by atoms with van der Waals surface area (Å²) in [6, 6.07) is 5.61. The first-order chi connectivity index (χ1) is 9.92. The second-order valence-corrected chi connectivity index (χ2v) is 7.01. The van der Waals surface area contributed by atoms with Gasteiger partial charge < -0.3 is 10.4 Å². The summed E-state index contributed by atoms with van der Waals surface area (Å²) >= 11 is 0. The SMILES string of the molecule is Cc1ccc(NCC2(CC(C)C)CCCC2)c(C(=O)O)c1. The predicted octanol–water partition coefficient (Wildman–Crippen LogP) is 4.71. The van der Waals surface area contributed by atoms with E-state index in [1.165, 1.54) is 32.1 Å². The third-order valence-electron chi connectivity index (χ3n) is 4.56. The third kappa shape index (κ3) is 3.99. The molecule has 3 nitrogen and oxygen atoms in total. The Morgan fingerprint density at radius 1 is 1.33 bits per heavy atom. The van der Waals surface area contributed by atoms with Crippen LogP contribution in [0.1, 0.15) is 61.9 Å². The summed E-state index contributed by atoms with van der Waals surface area (Å²) in [5, 5.41) is 12.8. The highest BCUT2D eigenvalue weighted by atomic mass is 16.4. The van der Waals surface area contributed by atoms with Crippen LogP contribution < -0.4 is 5.32 Å². The Bertz CT molecular complexity index is 502. The minimum atomic E-state index is -0.856. The van der Waals surface area contributed by atoms with Crippen molar-refractivity contribution in [3.8, 4) is 0 Å². The first-order valence-corrected chi connectivity index (χ1v) is 8.00. The van der Waals surface area contributed by atoms with Crippen molar-refractivity contribution in [1.29, 1.82) is 0 Å². The minimum absolute atomic E-state index is 0.342. The highest BCUT2D eigenvalue weighted by molar-refractivity contribution is 5.94. The zero-order chi connectivity index (χ0) is 15.5. The average Bonchev–Trinajstić information content (AvgIpc) is 2.85. The lowest BCUT2D eigenvalue weighted by molar-refractivity contribution is 0.0697. The number of nitrogens with one attached hydrogen (secondary N) is 1. The smallest absolute Gasteiger partial charge is 0.337 e. The fourth-order valence-corrected chi connectivity index (χ4v) is 3.72. The number of anilines is 1. The molecular formula is C18H27NO2. The molecule has 1 saturated carbocycles. The van der Waals surface area contributed by atoms with E-state index in [9.17, 15) is 9.90 Å². The topological polar surface area (TPSA) is 49.3 Å². The number of carboxylic acid groups (broad SMARTS) is 1. The molecule has 0 heterocycles. The van der Waals surface area contributed by atoms with Gasteiger partial charge in [-0.15, -0.1) is 0 Å². The number of benzene rings is 1. The lowest BCUT2D eigenvalue weighted by Gasteiger charge is -2.32. The molecule has 0 aliphatic heterocycles. The molecule has 3 heteroatoms. The van der Waals surface area contributed by atoms with Crippen LogP contribution in [0.2, 0.25) is 0 Å². The van der Waals surface area contributed by atoms with Crippen LogP contribution >= 0.6 is 0 Å². The van der Waals surface area contributed by atoms with Crippen LogP contribution in [0.25, 0.3) is 0 Å². The summed E-state index contributed by atoms with van der Waals surface area (Å²) in [6.07, 6.45) is 6.33. The van der Waals surface area contributed by atoms with Crippen LogP contribution in [0.3, 0.4) is 0 Å². The Labute approximate surface area is 127 Å². The van der Waals surface area contributed by atoms with Crippen molar-refractivity contribution in [3.63, 3.8) is 0 Å². The molecule has 0 spiro atoms. The van der Waals surface area contributed by atoms with Crippen molar-refractivity contribution in [2.45, 2.75) is 52.9 Å². The Balaban J connectivity index is 2.12. The van der Waals surface area contributed by atoms with Gasteiger partial charge in [0.05, 0.1) is 5.56 Å². The lowest BCUT2D eigenvalue weighted by Crippen LogP contribution is -2.29. The van der Waals surface area contributed by atoms with E-state index in [2.05, 4.69) is 19.2 Å². The molecule has 1 aliphatic carbocycles. The van der Waals surface area contributed by atoms with Gasteiger partial charge in [0, 0.05) is 12.2 Å². The quantitative estimate of drug-likeness (QED) is 0.797. The molecule has 0 unspecified atom stereocenters. The molecule has 2 N–H and O–H groups in total. The largest absolute Gasteiger partial charge is 0.478 e. The van der Waals surface area contributed by atoms with Crippen molar-refractivity contribution in [3.05, 3.63) is 29.3 Å². The molecule has 0 aromatic heterocycles. The fourth-order valence-electron chi connectivity index (χ4n) is 3.72. The molecule has 0 radical (unpaired) electrons. The van der Waals surface area contributed by atoms with E-state index in [4.69, 9.17) is 0 Å². The maximum Gasteiger partial charge on any atom is 0.337 e.